The second-order valence-corrected chi connectivity index (χ2v) is 2.99. The predicted octanol–water partition coefficient (Wildman–Crippen LogP) is -0.860. The first-order valence-electron chi connectivity index (χ1n) is 3.89. The molecule has 1 aromatic rings. The average molecular weight is 208 g/mol. The van der Waals surface area contributed by atoms with Gasteiger partial charge < -0.3 is 15.1 Å². The van der Waals surface area contributed by atoms with Crippen LogP contribution in [0.5, 0.6) is 5.75 Å². The summed E-state index contributed by atoms with van der Waals surface area (Å²) in [7, 11) is -2.17. The Bertz CT molecular complexity index is 204. The van der Waals surface area contributed by atoms with Crippen molar-refractivity contribution in [1.29, 1.82) is 0 Å². The van der Waals surface area contributed by atoms with Crippen molar-refractivity contribution in [3.05, 3.63) is 30.3 Å². The molecule has 0 heterocycles. The molecule has 0 unspecified atom stereocenters. The zero-order valence-corrected chi connectivity index (χ0v) is 10.5. The minimum atomic E-state index is -2.17. The molecule has 0 bridgehead atoms. The molecule has 66 valence electrons. The van der Waals surface area contributed by atoms with Gasteiger partial charge in [0.2, 0.25) is 0 Å². The second kappa shape index (κ2) is 9.17. The standard InChI is InChI=1S/C7H7O.BH3O3.K/c1-8-7-5-3-2-4-6-7;2-1(3)4;/h2-6H,1H2;2-4H;. The molecular weight excluding hydrogens is 198 g/mol. The summed E-state index contributed by atoms with van der Waals surface area (Å²) < 4.78 is 6.22. The quantitative estimate of drug-likeness (QED) is 0.553. The molecule has 3 N–H and O–H groups in total. The maximum atomic E-state index is 7.17. The van der Waals surface area contributed by atoms with Crippen LogP contribution in [0.4, 0.5) is 0 Å². The molecule has 0 amide bonds. The van der Waals surface area contributed by atoms with Gasteiger partial charge in [-0.3, -0.25) is 0 Å². The third-order valence-electron chi connectivity index (χ3n) is 1.05. The van der Waals surface area contributed by atoms with E-state index in [1.807, 2.05) is 30.3 Å². The van der Waals surface area contributed by atoms with Crippen LogP contribution in [-0.2, 0) is 0 Å². The fourth-order valence-corrected chi connectivity index (χ4v) is 1.20. The number of benzene rings is 1. The van der Waals surface area contributed by atoms with E-state index in [0.717, 1.165) is 55.4 Å². The predicted molar refractivity (Wildman–Crippen MR) is 50.1 cm³/mol. The zero-order chi connectivity index (χ0) is 10.1. The van der Waals surface area contributed by atoms with Crippen molar-refractivity contribution in [3.8, 4) is 5.75 Å². The fourth-order valence-electron chi connectivity index (χ4n) is 0.683. The Balaban J connectivity index is 0.000000310. The summed E-state index contributed by atoms with van der Waals surface area (Å²) in [4.78, 5) is 0. The van der Waals surface area contributed by atoms with Crippen molar-refractivity contribution in [1.82, 2.24) is 0 Å². The fraction of sp³-hybridized carbons (Fsp3) is 0.143. The first-order chi connectivity index (χ1) is 6.16. The van der Waals surface area contributed by atoms with E-state index in [4.69, 9.17) is 19.8 Å². The van der Waals surface area contributed by atoms with Crippen molar-refractivity contribution >= 4 is 56.3 Å². The molecule has 0 aliphatic carbocycles. The van der Waals surface area contributed by atoms with Crippen LogP contribution >= 0.6 is 0 Å². The summed E-state index contributed by atoms with van der Waals surface area (Å²) in [5.41, 5.74) is 0. The molecule has 0 saturated carbocycles. The molecule has 0 aliphatic heterocycles. The van der Waals surface area contributed by atoms with E-state index in [-0.39, 0.29) is 0 Å². The van der Waals surface area contributed by atoms with Gasteiger partial charge in [-0.05, 0) is 0 Å². The summed E-state index contributed by atoms with van der Waals surface area (Å²) in [6.07, 6.45) is 0. The Morgan fingerprint density at radius 1 is 1.15 bits per heavy atom. The van der Waals surface area contributed by atoms with Crippen LogP contribution in [0.1, 0.15) is 0 Å². The van der Waals surface area contributed by atoms with Crippen molar-refractivity contribution < 1.29 is 19.8 Å². The summed E-state index contributed by atoms with van der Waals surface area (Å²) >= 11 is 0.794. The SMILES string of the molecule is OB(O)O.[K][CH2]Oc1ccccc1. The molecule has 0 spiro atoms. The number of para-hydroxylation sites is 1. The molecule has 0 aromatic heterocycles. The molecule has 13 heavy (non-hydrogen) atoms. The Morgan fingerprint density at radius 3 is 2.00 bits per heavy atom. The van der Waals surface area contributed by atoms with Crippen LogP contribution in [0, 0.1) is 0 Å². The van der Waals surface area contributed by atoms with Gasteiger partial charge in [-0.25, -0.2) is 0 Å². The van der Waals surface area contributed by atoms with E-state index in [0.29, 0.717) is 0 Å². The van der Waals surface area contributed by atoms with Crippen LogP contribution in [-0.4, -0.2) is 72.0 Å². The maximum absolute atomic E-state index is 7.17. The topological polar surface area (TPSA) is 69.9 Å². The summed E-state index contributed by atoms with van der Waals surface area (Å²) in [5, 5.41) is 21.5. The van der Waals surface area contributed by atoms with Gasteiger partial charge in [-0.15, -0.1) is 0 Å². The Labute approximate surface area is 111 Å². The summed E-state index contributed by atoms with van der Waals surface area (Å²) in [6, 6.07) is 9.91. The van der Waals surface area contributed by atoms with Gasteiger partial charge >= 0.3 is 97.8 Å². The van der Waals surface area contributed by atoms with Crippen LogP contribution in [0.15, 0.2) is 30.3 Å². The van der Waals surface area contributed by atoms with Gasteiger partial charge in [0.25, 0.3) is 0 Å². The van der Waals surface area contributed by atoms with E-state index >= 15 is 0 Å². The monoisotopic (exact) mass is 208 g/mol. The van der Waals surface area contributed by atoms with E-state index < -0.39 is 7.32 Å². The van der Waals surface area contributed by atoms with Gasteiger partial charge in [0.15, 0.2) is 0 Å². The first-order valence-corrected chi connectivity index (χ1v) is 6.09. The van der Waals surface area contributed by atoms with Crippen molar-refractivity contribution in [3.63, 3.8) is 0 Å². The van der Waals surface area contributed by atoms with E-state index in [1.165, 1.54) is 0 Å². The molecule has 1 aromatic carbocycles. The number of hydrogen-bond donors (Lipinski definition) is 3. The molecule has 0 aliphatic rings. The molecule has 0 saturated heterocycles. The van der Waals surface area contributed by atoms with Gasteiger partial charge in [0, 0.05) is 0 Å². The van der Waals surface area contributed by atoms with Crippen molar-refractivity contribution in [2.75, 3.05) is 0.701 Å². The average Bonchev–Trinajstić information content (AvgIpc) is 2.06. The molecule has 0 atom stereocenters. The van der Waals surface area contributed by atoms with Gasteiger partial charge in [-0.2, -0.15) is 0 Å². The van der Waals surface area contributed by atoms with Crippen molar-refractivity contribution in [2.24, 2.45) is 0 Å². The van der Waals surface area contributed by atoms with Crippen LogP contribution in [0.3, 0.4) is 0 Å². The van der Waals surface area contributed by atoms with Gasteiger partial charge in [0.1, 0.15) is 0 Å². The van der Waals surface area contributed by atoms with E-state index in [9.17, 15) is 0 Å². The number of ether oxygens (including phenoxy) is 1. The molecular formula is C7H10BKO4. The van der Waals surface area contributed by atoms with Gasteiger partial charge in [0.05, 0.1) is 0 Å². The Hall–Kier alpha value is 0.601. The van der Waals surface area contributed by atoms with Crippen LogP contribution < -0.4 is 4.74 Å². The molecule has 0 radical (unpaired) electrons. The normalized spacial score (nSPS) is 8.38. The molecule has 6 heteroatoms. The third-order valence-corrected chi connectivity index (χ3v) is 1.50. The summed E-state index contributed by atoms with van der Waals surface area (Å²) in [6.45, 7) is 0. The van der Waals surface area contributed by atoms with E-state index in [2.05, 4.69) is 0 Å². The van der Waals surface area contributed by atoms with Crippen LogP contribution in [0.25, 0.3) is 0 Å². The Kier molecular flexibility index (Phi) is 9.59. The second-order valence-electron chi connectivity index (χ2n) is 2.09. The van der Waals surface area contributed by atoms with E-state index in [1.54, 1.807) is 0 Å². The summed E-state index contributed by atoms with van der Waals surface area (Å²) in [5.74, 6) is 0.991. The Morgan fingerprint density at radius 2 is 1.62 bits per heavy atom. The number of rotatable bonds is 2. The first kappa shape index (κ1) is 13.6. The van der Waals surface area contributed by atoms with Crippen LogP contribution in [0.2, 0.25) is 0 Å². The van der Waals surface area contributed by atoms with Crippen molar-refractivity contribution in [2.45, 2.75) is 0 Å². The molecule has 0 fully saturated rings. The number of hydrogen-bond acceptors (Lipinski definition) is 4. The molecule has 4 nitrogen and oxygen atoms in total. The van der Waals surface area contributed by atoms with Gasteiger partial charge in [-0.1, -0.05) is 0 Å². The zero-order valence-electron chi connectivity index (χ0n) is 7.42. The minimum absolute atomic E-state index is 0.794. The third kappa shape index (κ3) is 10.5. The molecule has 1 rings (SSSR count).